The van der Waals surface area contributed by atoms with Crippen LogP contribution in [0.5, 0.6) is 0 Å². The van der Waals surface area contributed by atoms with Gasteiger partial charge in [0.1, 0.15) is 0 Å². The number of nitrogens with zero attached hydrogens (tertiary/aromatic N) is 2. The van der Waals surface area contributed by atoms with E-state index in [0.717, 1.165) is 5.69 Å². The van der Waals surface area contributed by atoms with Crippen LogP contribution in [0.3, 0.4) is 0 Å². The zero-order valence-corrected chi connectivity index (χ0v) is 14.8. The highest BCUT2D eigenvalue weighted by Gasteiger charge is 2.46. The SMILES string of the molecule is Cc1ccnc(-c2cc3c(cc2C)C2(CCCC2)c2ncccc2-3)c1. The lowest BCUT2D eigenvalue weighted by Gasteiger charge is -2.25. The second-order valence-electron chi connectivity index (χ2n) is 7.62. The number of hydrogen-bond donors (Lipinski definition) is 0. The molecule has 0 atom stereocenters. The normalized spacial score (nSPS) is 16.9. The number of pyridine rings is 2. The van der Waals surface area contributed by atoms with Crippen LogP contribution in [0.1, 0.15) is 48.1 Å². The fourth-order valence-electron chi connectivity index (χ4n) is 4.90. The Morgan fingerprint density at radius 1 is 0.840 bits per heavy atom. The zero-order chi connectivity index (χ0) is 17.0. The summed E-state index contributed by atoms with van der Waals surface area (Å²) < 4.78 is 0. The van der Waals surface area contributed by atoms with Crippen LogP contribution in [0, 0.1) is 13.8 Å². The number of rotatable bonds is 1. The summed E-state index contributed by atoms with van der Waals surface area (Å²) in [5.74, 6) is 0. The van der Waals surface area contributed by atoms with E-state index >= 15 is 0 Å². The fraction of sp³-hybridized carbons (Fsp3) is 0.304. The van der Waals surface area contributed by atoms with Crippen molar-refractivity contribution in [1.82, 2.24) is 9.97 Å². The highest BCUT2D eigenvalue weighted by Crippen LogP contribution is 2.56. The number of aryl methyl sites for hydroxylation is 2. The molecule has 0 amide bonds. The molecule has 1 saturated carbocycles. The van der Waals surface area contributed by atoms with Crippen molar-refractivity contribution in [3.8, 4) is 22.4 Å². The first-order chi connectivity index (χ1) is 12.2. The van der Waals surface area contributed by atoms with E-state index in [1.807, 2.05) is 12.4 Å². The lowest BCUT2D eigenvalue weighted by molar-refractivity contribution is 0.533. The first-order valence-electron chi connectivity index (χ1n) is 9.23. The van der Waals surface area contributed by atoms with Gasteiger partial charge in [0.2, 0.25) is 0 Å². The van der Waals surface area contributed by atoms with Gasteiger partial charge in [0.25, 0.3) is 0 Å². The van der Waals surface area contributed by atoms with Crippen molar-refractivity contribution in [2.45, 2.75) is 44.9 Å². The van der Waals surface area contributed by atoms with E-state index in [1.165, 1.54) is 64.8 Å². The van der Waals surface area contributed by atoms with Gasteiger partial charge in [-0.05, 0) is 73.2 Å². The standard InChI is InChI=1S/C23H22N2/c1-15-7-11-24-21(12-15)18-14-19-17-6-5-10-25-22(17)23(8-3-4-9-23)20(19)13-16(18)2/h5-7,10-14H,3-4,8-9H2,1-2H3. The minimum atomic E-state index is 0.148. The van der Waals surface area contributed by atoms with E-state index < -0.39 is 0 Å². The van der Waals surface area contributed by atoms with Crippen molar-refractivity contribution >= 4 is 0 Å². The summed E-state index contributed by atoms with van der Waals surface area (Å²) in [5.41, 5.74) is 10.5. The monoisotopic (exact) mass is 326 g/mol. The molecule has 1 aromatic carbocycles. The lowest BCUT2D eigenvalue weighted by atomic mass is 9.78. The average Bonchev–Trinajstić information content (AvgIpc) is 3.21. The van der Waals surface area contributed by atoms with E-state index in [4.69, 9.17) is 4.98 Å². The van der Waals surface area contributed by atoms with Gasteiger partial charge >= 0.3 is 0 Å². The number of hydrogen-bond acceptors (Lipinski definition) is 2. The van der Waals surface area contributed by atoms with E-state index in [-0.39, 0.29) is 5.41 Å². The molecular weight excluding hydrogens is 304 g/mol. The molecule has 0 bridgehead atoms. The Hall–Kier alpha value is -2.48. The topological polar surface area (TPSA) is 25.8 Å². The Morgan fingerprint density at radius 2 is 1.68 bits per heavy atom. The summed E-state index contributed by atoms with van der Waals surface area (Å²) in [6.07, 6.45) is 8.92. The second kappa shape index (κ2) is 5.26. The van der Waals surface area contributed by atoms with Crippen molar-refractivity contribution in [3.63, 3.8) is 0 Å². The van der Waals surface area contributed by atoms with Crippen LogP contribution in [-0.2, 0) is 5.41 Å². The largest absolute Gasteiger partial charge is 0.260 e. The van der Waals surface area contributed by atoms with Crippen molar-refractivity contribution in [2.24, 2.45) is 0 Å². The van der Waals surface area contributed by atoms with Crippen molar-refractivity contribution < 1.29 is 0 Å². The van der Waals surface area contributed by atoms with E-state index in [0.29, 0.717) is 0 Å². The summed E-state index contributed by atoms with van der Waals surface area (Å²) in [6.45, 7) is 4.35. The van der Waals surface area contributed by atoms with Gasteiger partial charge in [-0.3, -0.25) is 9.97 Å². The molecule has 1 spiro atoms. The first kappa shape index (κ1) is 14.8. The summed E-state index contributed by atoms with van der Waals surface area (Å²) in [7, 11) is 0. The smallest absolute Gasteiger partial charge is 0.0707 e. The number of aromatic nitrogens is 2. The molecule has 2 aliphatic carbocycles. The van der Waals surface area contributed by atoms with Crippen LogP contribution in [0.4, 0.5) is 0 Å². The third-order valence-corrected chi connectivity index (χ3v) is 6.08. The molecule has 0 aliphatic heterocycles. The molecule has 3 aromatic rings. The minimum Gasteiger partial charge on any atom is -0.260 e. The van der Waals surface area contributed by atoms with Crippen LogP contribution >= 0.6 is 0 Å². The van der Waals surface area contributed by atoms with Gasteiger partial charge in [0.05, 0.1) is 11.4 Å². The Morgan fingerprint density at radius 3 is 2.48 bits per heavy atom. The molecule has 0 radical (unpaired) electrons. The predicted molar refractivity (Wildman–Crippen MR) is 102 cm³/mol. The molecule has 0 saturated heterocycles. The second-order valence-corrected chi connectivity index (χ2v) is 7.62. The third-order valence-electron chi connectivity index (χ3n) is 6.08. The van der Waals surface area contributed by atoms with E-state index in [9.17, 15) is 0 Å². The summed E-state index contributed by atoms with van der Waals surface area (Å²) in [6, 6.07) is 13.3. The number of benzene rings is 1. The molecule has 2 aromatic heterocycles. The Balaban J connectivity index is 1.78. The van der Waals surface area contributed by atoms with Gasteiger partial charge in [-0.25, -0.2) is 0 Å². The lowest BCUT2D eigenvalue weighted by Crippen LogP contribution is -2.21. The fourth-order valence-corrected chi connectivity index (χ4v) is 4.90. The van der Waals surface area contributed by atoms with Crippen molar-refractivity contribution in [1.29, 1.82) is 0 Å². The Labute approximate surface area is 149 Å². The van der Waals surface area contributed by atoms with Crippen LogP contribution in [0.25, 0.3) is 22.4 Å². The molecule has 0 unspecified atom stereocenters. The predicted octanol–water partition coefficient (Wildman–Crippen LogP) is 5.60. The summed E-state index contributed by atoms with van der Waals surface area (Å²) >= 11 is 0. The van der Waals surface area contributed by atoms with Crippen molar-refractivity contribution in [2.75, 3.05) is 0 Å². The molecule has 0 N–H and O–H groups in total. The molecule has 2 aliphatic rings. The maximum absolute atomic E-state index is 4.84. The van der Waals surface area contributed by atoms with Gasteiger partial charge in [-0.15, -0.1) is 0 Å². The average molecular weight is 326 g/mol. The van der Waals surface area contributed by atoms with Gasteiger partial charge in [-0.1, -0.05) is 25.0 Å². The molecule has 1 fully saturated rings. The maximum Gasteiger partial charge on any atom is 0.0707 e. The Bertz CT molecular complexity index is 981. The van der Waals surface area contributed by atoms with E-state index in [1.54, 1.807) is 0 Å². The highest BCUT2D eigenvalue weighted by molar-refractivity contribution is 5.84. The van der Waals surface area contributed by atoms with Gasteiger partial charge in [0.15, 0.2) is 0 Å². The van der Waals surface area contributed by atoms with E-state index in [2.05, 4.69) is 55.2 Å². The maximum atomic E-state index is 4.84. The Kier molecular flexibility index (Phi) is 3.12. The van der Waals surface area contributed by atoms with Gasteiger partial charge in [-0.2, -0.15) is 0 Å². The third kappa shape index (κ3) is 2.03. The number of fused-ring (bicyclic) bond motifs is 5. The van der Waals surface area contributed by atoms with Crippen LogP contribution in [-0.4, -0.2) is 9.97 Å². The molecule has 2 heterocycles. The minimum absolute atomic E-state index is 0.148. The quantitative estimate of drug-likeness (QED) is 0.581. The molecule has 124 valence electrons. The van der Waals surface area contributed by atoms with Gasteiger partial charge in [0, 0.05) is 28.9 Å². The van der Waals surface area contributed by atoms with Crippen LogP contribution < -0.4 is 0 Å². The molecular formula is C23H22N2. The first-order valence-corrected chi connectivity index (χ1v) is 9.23. The van der Waals surface area contributed by atoms with Crippen LogP contribution in [0.2, 0.25) is 0 Å². The molecule has 5 rings (SSSR count). The summed E-state index contributed by atoms with van der Waals surface area (Å²) in [5, 5.41) is 0. The highest BCUT2D eigenvalue weighted by atomic mass is 14.7. The molecule has 2 heteroatoms. The summed E-state index contributed by atoms with van der Waals surface area (Å²) in [4.78, 5) is 9.47. The molecule has 2 nitrogen and oxygen atoms in total. The van der Waals surface area contributed by atoms with Gasteiger partial charge < -0.3 is 0 Å². The van der Waals surface area contributed by atoms with Crippen LogP contribution in [0.15, 0.2) is 48.8 Å². The zero-order valence-electron chi connectivity index (χ0n) is 14.8. The van der Waals surface area contributed by atoms with Crippen molar-refractivity contribution in [3.05, 3.63) is 71.2 Å². The molecule has 25 heavy (non-hydrogen) atoms.